The van der Waals surface area contributed by atoms with Crippen molar-refractivity contribution in [2.24, 2.45) is 10.7 Å². The summed E-state index contributed by atoms with van der Waals surface area (Å²) in [6.07, 6.45) is -5.05. The molecule has 2 aromatic carbocycles. The van der Waals surface area contributed by atoms with Gasteiger partial charge in [-0.15, -0.1) is 0 Å². The number of nitrogens with two attached hydrogens (primary N) is 1. The summed E-state index contributed by atoms with van der Waals surface area (Å²) in [7, 11) is 0. The first-order valence-corrected chi connectivity index (χ1v) is 6.42. The van der Waals surface area contributed by atoms with Gasteiger partial charge in [-0.1, -0.05) is 18.2 Å². The molecule has 1 unspecified atom stereocenters. The fraction of sp³-hybridized carbons (Fsp3) is 0.133. The van der Waals surface area contributed by atoms with E-state index in [2.05, 4.69) is 10.3 Å². The second kappa shape index (κ2) is 5.01. The van der Waals surface area contributed by atoms with E-state index in [1.54, 1.807) is 6.07 Å². The molecular formula is C15H11F4N3. The Kier molecular flexibility index (Phi) is 3.27. The Morgan fingerprint density at radius 3 is 2.36 bits per heavy atom. The standard InChI is InChI=1S/C15H11F4N3/c16-10-2-1-3-11-12(10)13(20)22-14(21-11)8-4-6-9(7-5-8)15(17,18)19/h1-7,14,21H,(H2,20,22). The second-order valence-electron chi connectivity index (χ2n) is 4.84. The zero-order valence-corrected chi connectivity index (χ0v) is 11.2. The molecule has 0 bridgehead atoms. The first-order chi connectivity index (χ1) is 10.4. The van der Waals surface area contributed by atoms with Crippen LogP contribution in [0.1, 0.15) is 22.9 Å². The fourth-order valence-corrected chi connectivity index (χ4v) is 2.30. The van der Waals surface area contributed by atoms with Gasteiger partial charge in [-0.05, 0) is 29.8 Å². The summed E-state index contributed by atoms with van der Waals surface area (Å²) in [6.45, 7) is 0. The lowest BCUT2D eigenvalue weighted by Gasteiger charge is -2.24. The van der Waals surface area contributed by atoms with E-state index in [9.17, 15) is 17.6 Å². The maximum absolute atomic E-state index is 13.7. The lowest BCUT2D eigenvalue weighted by atomic mass is 10.0. The van der Waals surface area contributed by atoms with Crippen molar-refractivity contribution in [2.75, 3.05) is 5.32 Å². The Balaban J connectivity index is 1.94. The zero-order valence-electron chi connectivity index (χ0n) is 11.2. The third-order valence-corrected chi connectivity index (χ3v) is 3.38. The molecule has 0 aromatic heterocycles. The van der Waals surface area contributed by atoms with E-state index in [1.165, 1.54) is 24.3 Å². The van der Waals surface area contributed by atoms with Gasteiger partial charge in [0.05, 0.1) is 11.1 Å². The summed E-state index contributed by atoms with van der Waals surface area (Å²) < 4.78 is 51.4. The molecule has 0 saturated heterocycles. The minimum atomic E-state index is -4.39. The van der Waals surface area contributed by atoms with Gasteiger partial charge in [-0.25, -0.2) is 9.38 Å². The SMILES string of the molecule is NC1=NC(c2ccc(C(F)(F)F)cc2)Nc2cccc(F)c21. The summed E-state index contributed by atoms with van der Waals surface area (Å²) in [5, 5.41) is 2.95. The number of halogens is 4. The van der Waals surface area contributed by atoms with E-state index in [1.807, 2.05) is 0 Å². The third kappa shape index (κ3) is 2.49. The molecule has 0 fully saturated rings. The Bertz CT molecular complexity index is 735. The van der Waals surface area contributed by atoms with Gasteiger partial charge < -0.3 is 11.1 Å². The predicted molar refractivity (Wildman–Crippen MR) is 74.9 cm³/mol. The number of nitrogens with zero attached hydrogens (tertiary/aromatic N) is 1. The molecule has 0 saturated carbocycles. The Labute approximate surface area is 123 Å². The summed E-state index contributed by atoms with van der Waals surface area (Å²) in [5.41, 5.74) is 6.16. The Hall–Kier alpha value is -2.57. The van der Waals surface area contributed by atoms with Gasteiger partial charge in [-0.2, -0.15) is 13.2 Å². The third-order valence-electron chi connectivity index (χ3n) is 3.38. The highest BCUT2D eigenvalue weighted by Crippen LogP contribution is 2.33. The van der Waals surface area contributed by atoms with Crippen LogP contribution in [0.2, 0.25) is 0 Å². The number of aliphatic imine (C=N–C) groups is 1. The minimum absolute atomic E-state index is 0.0109. The molecule has 114 valence electrons. The van der Waals surface area contributed by atoms with Crippen LogP contribution in [-0.4, -0.2) is 5.84 Å². The van der Waals surface area contributed by atoms with Crippen molar-refractivity contribution >= 4 is 11.5 Å². The number of hydrogen-bond donors (Lipinski definition) is 2. The first kappa shape index (κ1) is 14.4. The summed E-state index contributed by atoms with van der Waals surface area (Å²) >= 11 is 0. The lowest BCUT2D eigenvalue weighted by molar-refractivity contribution is -0.137. The van der Waals surface area contributed by atoms with Crippen molar-refractivity contribution in [3.05, 3.63) is 65.0 Å². The van der Waals surface area contributed by atoms with Crippen LogP contribution in [0.5, 0.6) is 0 Å². The maximum atomic E-state index is 13.7. The molecule has 22 heavy (non-hydrogen) atoms. The predicted octanol–water partition coefficient (Wildman–Crippen LogP) is 3.67. The highest BCUT2D eigenvalue weighted by atomic mass is 19.4. The van der Waals surface area contributed by atoms with E-state index >= 15 is 0 Å². The molecule has 1 aliphatic heterocycles. The second-order valence-corrected chi connectivity index (χ2v) is 4.84. The number of amidine groups is 1. The number of anilines is 1. The van der Waals surface area contributed by atoms with Crippen LogP contribution in [0.25, 0.3) is 0 Å². The number of alkyl halides is 3. The van der Waals surface area contributed by atoms with Crippen LogP contribution in [-0.2, 0) is 6.18 Å². The number of hydrogen-bond acceptors (Lipinski definition) is 3. The lowest BCUT2D eigenvalue weighted by Crippen LogP contribution is -2.26. The largest absolute Gasteiger partial charge is 0.416 e. The van der Waals surface area contributed by atoms with E-state index in [0.29, 0.717) is 11.3 Å². The smallest absolute Gasteiger partial charge is 0.383 e. The van der Waals surface area contributed by atoms with Gasteiger partial charge in [0.25, 0.3) is 0 Å². The van der Waals surface area contributed by atoms with Crippen LogP contribution in [0.3, 0.4) is 0 Å². The van der Waals surface area contributed by atoms with Crippen molar-refractivity contribution < 1.29 is 17.6 Å². The monoisotopic (exact) mass is 309 g/mol. The Morgan fingerprint density at radius 1 is 1.05 bits per heavy atom. The van der Waals surface area contributed by atoms with Crippen LogP contribution in [0.4, 0.5) is 23.2 Å². The van der Waals surface area contributed by atoms with Crippen molar-refractivity contribution in [3.63, 3.8) is 0 Å². The van der Waals surface area contributed by atoms with Crippen molar-refractivity contribution in [3.8, 4) is 0 Å². The first-order valence-electron chi connectivity index (χ1n) is 6.42. The molecule has 1 aliphatic rings. The number of benzene rings is 2. The quantitative estimate of drug-likeness (QED) is 0.790. The number of rotatable bonds is 1. The summed E-state index contributed by atoms with van der Waals surface area (Å²) in [5.74, 6) is -0.492. The van der Waals surface area contributed by atoms with E-state index < -0.39 is 23.7 Å². The molecule has 2 aromatic rings. The van der Waals surface area contributed by atoms with Crippen LogP contribution < -0.4 is 11.1 Å². The number of fused-ring (bicyclic) bond motifs is 1. The average molecular weight is 309 g/mol. The van der Waals surface area contributed by atoms with Crippen LogP contribution in [0, 0.1) is 5.82 Å². The normalized spacial score (nSPS) is 17.5. The van der Waals surface area contributed by atoms with Gasteiger partial charge in [0.15, 0.2) is 0 Å². The highest BCUT2D eigenvalue weighted by Gasteiger charge is 2.30. The summed E-state index contributed by atoms with van der Waals surface area (Å²) in [6, 6.07) is 9.01. The average Bonchev–Trinajstić information content (AvgIpc) is 2.46. The zero-order chi connectivity index (χ0) is 15.9. The van der Waals surface area contributed by atoms with E-state index in [-0.39, 0.29) is 11.4 Å². The molecular weight excluding hydrogens is 298 g/mol. The van der Waals surface area contributed by atoms with Gasteiger partial charge >= 0.3 is 6.18 Å². The molecule has 7 heteroatoms. The highest BCUT2D eigenvalue weighted by molar-refractivity contribution is 6.04. The maximum Gasteiger partial charge on any atom is 0.416 e. The van der Waals surface area contributed by atoms with Gasteiger partial charge in [0.2, 0.25) is 0 Å². The molecule has 0 spiro atoms. The minimum Gasteiger partial charge on any atom is -0.383 e. The number of nitrogens with one attached hydrogen (secondary N) is 1. The van der Waals surface area contributed by atoms with Crippen molar-refractivity contribution in [2.45, 2.75) is 12.3 Å². The Morgan fingerprint density at radius 2 is 1.73 bits per heavy atom. The van der Waals surface area contributed by atoms with Gasteiger partial charge in [0.1, 0.15) is 17.8 Å². The molecule has 1 atom stereocenters. The van der Waals surface area contributed by atoms with Crippen LogP contribution >= 0.6 is 0 Å². The topological polar surface area (TPSA) is 50.4 Å². The molecule has 3 rings (SSSR count). The van der Waals surface area contributed by atoms with Crippen LogP contribution in [0.15, 0.2) is 47.5 Å². The summed E-state index contributed by atoms with van der Waals surface area (Å²) in [4.78, 5) is 4.11. The molecule has 1 heterocycles. The van der Waals surface area contributed by atoms with Crippen molar-refractivity contribution in [1.82, 2.24) is 0 Å². The van der Waals surface area contributed by atoms with E-state index in [4.69, 9.17) is 5.73 Å². The van der Waals surface area contributed by atoms with Gasteiger partial charge in [-0.3, -0.25) is 0 Å². The van der Waals surface area contributed by atoms with Gasteiger partial charge in [0, 0.05) is 5.69 Å². The molecule has 3 N–H and O–H groups in total. The molecule has 3 nitrogen and oxygen atoms in total. The molecule has 0 amide bonds. The molecule has 0 aliphatic carbocycles. The fourth-order valence-electron chi connectivity index (χ4n) is 2.30. The van der Waals surface area contributed by atoms with E-state index in [0.717, 1.165) is 12.1 Å². The van der Waals surface area contributed by atoms with Crippen molar-refractivity contribution in [1.29, 1.82) is 0 Å². The molecule has 0 radical (unpaired) electrons.